The molecule has 0 radical (unpaired) electrons. The lowest BCUT2D eigenvalue weighted by molar-refractivity contribution is -0.121. The molecule has 0 atom stereocenters. The van der Waals surface area contributed by atoms with E-state index in [1.54, 1.807) is 0 Å². The van der Waals surface area contributed by atoms with Gasteiger partial charge < -0.3 is 4.52 Å². The number of benzene rings is 1. The zero-order valence-electron chi connectivity index (χ0n) is 17.0. The Bertz CT molecular complexity index is 906. The average Bonchev–Trinajstić information content (AvgIpc) is 3.43. The molecule has 0 unspecified atom stereocenters. The molecule has 2 saturated carbocycles. The fourth-order valence-corrected chi connectivity index (χ4v) is 4.88. The molecule has 2 aromatic rings. The Labute approximate surface area is 172 Å². The lowest BCUT2D eigenvalue weighted by Crippen LogP contribution is -2.32. The van der Waals surface area contributed by atoms with E-state index < -0.39 is 0 Å². The van der Waals surface area contributed by atoms with Crippen LogP contribution < -0.4 is 0 Å². The van der Waals surface area contributed by atoms with Crippen molar-refractivity contribution in [2.45, 2.75) is 71.6 Å². The number of ketones is 1. The summed E-state index contributed by atoms with van der Waals surface area (Å²) >= 11 is 6.53. The Kier molecular flexibility index (Phi) is 5.22. The molecule has 0 bridgehead atoms. The molecule has 0 N–H and O–H groups in total. The molecule has 5 rings (SSSR count). The van der Waals surface area contributed by atoms with E-state index in [1.165, 1.54) is 24.0 Å². The van der Waals surface area contributed by atoms with Crippen LogP contribution in [-0.4, -0.2) is 10.9 Å². The van der Waals surface area contributed by atoms with Crippen molar-refractivity contribution >= 4 is 23.0 Å². The van der Waals surface area contributed by atoms with Crippen LogP contribution in [0.5, 0.6) is 0 Å². The van der Waals surface area contributed by atoms with Crippen LogP contribution in [0.3, 0.4) is 0 Å². The van der Waals surface area contributed by atoms with E-state index in [0.29, 0.717) is 11.7 Å². The lowest BCUT2D eigenvalue weighted by atomic mass is 9.61. The molecule has 4 heteroatoms. The highest BCUT2D eigenvalue weighted by Gasteiger charge is 2.43. The second kappa shape index (κ2) is 7.51. The van der Waals surface area contributed by atoms with E-state index in [2.05, 4.69) is 24.2 Å². The molecule has 3 aliphatic rings. The number of hydrogen-bond acceptors (Lipinski definition) is 3. The molecule has 1 spiro atoms. The molecular formula is C24H28ClNO2. The van der Waals surface area contributed by atoms with E-state index in [1.807, 2.05) is 26.0 Å². The normalized spacial score (nSPS) is 20.3. The minimum absolute atomic E-state index is 0.216. The van der Waals surface area contributed by atoms with E-state index in [0.717, 1.165) is 59.7 Å². The summed E-state index contributed by atoms with van der Waals surface area (Å²) in [6.45, 7) is 6.07. The van der Waals surface area contributed by atoms with Gasteiger partial charge in [-0.1, -0.05) is 48.8 Å². The van der Waals surface area contributed by atoms with Gasteiger partial charge in [-0.3, -0.25) is 4.79 Å². The van der Waals surface area contributed by atoms with Crippen LogP contribution in [0, 0.1) is 12.3 Å². The maximum atomic E-state index is 11.6. The Morgan fingerprint density at radius 3 is 2.43 bits per heavy atom. The fourth-order valence-electron chi connectivity index (χ4n) is 4.57. The topological polar surface area (TPSA) is 43.1 Å². The fraction of sp³-hybridized carbons (Fsp3) is 0.500. The predicted molar refractivity (Wildman–Crippen MR) is 114 cm³/mol. The molecule has 0 aliphatic heterocycles. The number of aromatic nitrogens is 1. The number of halogens is 1. The van der Waals surface area contributed by atoms with E-state index >= 15 is 0 Å². The maximum absolute atomic E-state index is 11.6. The van der Waals surface area contributed by atoms with Gasteiger partial charge in [0.1, 0.15) is 17.2 Å². The smallest absolute Gasteiger partial charge is 0.147 e. The molecule has 1 aromatic heterocycles. The molecule has 0 amide bonds. The van der Waals surface area contributed by atoms with Crippen molar-refractivity contribution in [2.24, 2.45) is 5.41 Å². The van der Waals surface area contributed by atoms with Crippen molar-refractivity contribution in [1.82, 2.24) is 5.16 Å². The van der Waals surface area contributed by atoms with Gasteiger partial charge in [0.2, 0.25) is 0 Å². The molecule has 0 saturated heterocycles. The van der Waals surface area contributed by atoms with Crippen LogP contribution in [0.15, 0.2) is 28.8 Å². The molecule has 1 aromatic carbocycles. The zero-order chi connectivity index (χ0) is 19.9. The first-order valence-corrected chi connectivity index (χ1v) is 10.9. The second-order valence-electron chi connectivity index (χ2n) is 8.22. The van der Waals surface area contributed by atoms with Crippen molar-refractivity contribution in [1.29, 1.82) is 0 Å². The summed E-state index contributed by atoms with van der Waals surface area (Å²) in [7, 11) is 0. The van der Waals surface area contributed by atoms with Crippen LogP contribution in [0.1, 0.15) is 81.6 Å². The Morgan fingerprint density at radius 1 is 1.14 bits per heavy atom. The van der Waals surface area contributed by atoms with Crippen molar-refractivity contribution in [2.75, 3.05) is 0 Å². The average molecular weight is 398 g/mol. The van der Waals surface area contributed by atoms with Crippen LogP contribution in [0.2, 0.25) is 5.02 Å². The minimum Gasteiger partial charge on any atom is -0.360 e. The van der Waals surface area contributed by atoms with Gasteiger partial charge >= 0.3 is 0 Å². The third kappa shape index (κ3) is 3.34. The molecular weight excluding hydrogens is 370 g/mol. The van der Waals surface area contributed by atoms with E-state index in [9.17, 15) is 4.79 Å². The summed E-state index contributed by atoms with van der Waals surface area (Å²) in [5.74, 6) is 1.94. The Hall–Kier alpha value is -1.87. The molecule has 148 valence electrons. The number of aryl methyl sites for hydroxylation is 1. The number of Topliss-reactive ketones (excluding diaryl/α,β-unsaturated/α-hetero) is 1. The Morgan fingerprint density at radius 2 is 1.82 bits per heavy atom. The van der Waals surface area contributed by atoms with Crippen LogP contribution in [0.4, 0.5) is 0 Å². The van der Waals surface area contributed by atoms with Gasteiger partial charge in [-0.25, -0.2) is 0 Å². The lowest BCUT2D eigenvalue weighted by Gasteiger charge is -2.42. The summed E-state index contributed by atoms with van der Waals surface area (Å²) in [5, 5.41) is 5.19. The number of hydrogen-bond donors (Lipinski definition) is 0. The first kappa shape index (κ1) is 19.4. The standard InChI is InChI=1S/C22H22ClNO2.C2H6/c1-13-3-2-4-17(23)18(13)20-19(21(26-24-20)14-5-6-14)15-11-22(12-15)9-7-16(25)8-10-22;1-2/h2-4,11,14H,5-10,12H2,1H3;1-2H3. The quantitative estimate of drug-likeness (QED) is 0.553. The number of nitrogens with zero attached hydrogens (tertiary/aromatic N) is 1. The van der Waals surface area contributed by atoms with Gasteiger partial charge in [0, 0.05) is 29.9 Å². The minimum atomic E-state index is 0.216. The van der Waals surface area contributed by atoms with Crippen molar-refractivity contribution in [3.05, 3.63) is 46.2 Å². The highest BCUT2D eigenvalue weighted by Crippen LogP contribution is 2.56. The highest BCUT2D eigenvalue weighted by atomic mass is 35.5. The van der Waals surface area contributed by atoms with Crippen LogP contribution in [0.25, 0.3) is 16.8 Å². The van der Waals surface area contributed by atoms with Crippen LogP contribution in [-0.2, 0) is 4.79 Å². The summed E-state index contributed by atoms with van der Waals surface area (Å²) < 4.78 is 5.83. The third-order valence-electron chi connectivity index (χ3n) is 6.27. The summed E-state index contributed by atoms with van der Waals surface area (Å²) in [5.41, 5.74) is 5.72. The van der Waals surface area contributed by atoms with Gasteiger partial charge in [0.05, 0.1) is 5.02 Å². The molecule has 1 heterocycles. The van der Waals surface area contributed by atoms with E-state index in [-0.39, 0.29) is 5.41 Å². The van der Waals surface area contributed by atoms with Gasteiger partial charge in [0.15, 0.2) is 0 Å². The largest absolute Gasteiger partial charge is 0.360 e. The van der Waals surface area contributed by atoms with E-state index in [4.69, 9.17) is 16.1 Å². The SMILES string of the molecule is CC.Cc1cccc(Cl)c1-c1noc(C2CC2)c1C1=CC2(CCC(=O)CC2)C1. The van der Waals surface area contributed by atoms with Gasteiger partial charge in [0.25, 0.3) is 0 Å². The summed E-state index contributed by atoms with van der Waals surface area (Å²) in [6, 6.07) is 5.96. The summed E-state index contributed by atoms with van der Waals surface area (Å²) in [6.07, 6.45) is 9.19. The van der Waals surface area contributed by atoms with Crippen LogP contribution >= 0.6 is 11.6 Å². The van der Waals surface area contributed by atoms with Crippen molar-refractivity contribution in [3.63, 3.8) is 0 Å². The van der Waals surface area contributed by atoms with Gasteiger partial charge in [-0.05, 0) is 61.6 Å². The van der Waals surface area contributed by atoms with Gasteiger partial charge in [-0.2, -0.15) is 0 Å². The van der Waals surface area contributed by atoms with Gasteiger partial charge in [-0.15, -0.1) is 0 Å². The van der Waals surface area contributed by atoms with Crippen molar-refractivity contribution in [3.8, 4) is 11.3 Å². The predicted octanol–water partition coefficient (Wildman–Crippen LogP) is 7.12. The molecule has 3 aliphatic carbocycles. The van der Waals surface area contributed by atoms with Crippen molar-refractivity contribution < 1.29 is 9.32 Å². The monoisotopic (exact) mass is 397 g/mol. The first-order chi connectivity index (χ1) is 13.6. The third-order valence-corrected chi connectivity index (χ3v) is 6.59. The Balaban J connectivity index is 0.000000932. The zero-order valence-corrected chi connectivity index (χ0v) is 17.7. The molecule has 28 heavy (non-hydrogen) atoms. The summed E-state index contributed by atoms with van der Waals surface area (Å²) in [4.78, 5) is 11.6. The second-order valence-corrected chi connectivity index (χ2v) is 8.63. The number of allylic oxidation sites excluding steroid dienone is 2. The number of rotatable bonds is 3. The molecule has 2 fully saturated rings. The maximum Gasteiger partial charge on any atom is 0.147 e. The molecule has 3 nitrogen and oxygen atoms in total. The highest BCUT2D eigenvalue weighted by molar-refractivity contribution is 6.33. The number of carbonyl (C=O) groups excluding carboxylic acids is 1. The first-order valence-electron chi connectivity index (χ1n) is 10.6. The number of carbonyl (C=O) groups is 1.